The first kappa shape index (κ1) is 31.1. The SMILES string of the molecule is CC(=O)OCC(=O)COC(=O)C1=C(/C=C2\CCN([C@@H]3CCNC3)C2=O)CS[C@@H]2[C@H](NC(=O)/C(=N\O)c3nsc(N)n3)C(=O)N12. The summed E-state index contributed by atoms with van der Waals surface area (Å²) in [6, 6.07) is -1.05. The maximum Gasteiger partial charge on any atom is 0.355 e. The summed E-state index contributed by atoms with van der Waals surface area (Å²) in [5, 5.41) is 17.3. The predicted molar refractivity (Wildman–Crippen MR) is 153 cm³/mol. The number of nitrogens with zero attached hydrogens (tertiary/aromatic N) is 5. The van der Waals surface area contributed by atoms with Crippen LogP contribution in [-0.2, 0) is 38.2 Å². The lowest BCUT2D eigenvalue weighted by molar-refractivity contribution is -0.155. The number of fused-ring (bicyclic) bond motifs is 1. The molecule has 4 aliphatic rings. The van der Waals surface area contributed by atoms with Crippen LogP contribution in [0.5, 0.6) is 0 Å². The number of oxime groups is 1. The number of β-lactam (4-membered cyclic amide) rings is 1. The molecule has 17 nitrogen and oxygen atoms in total. The average Bonchev–Trinajstić information content (AvgIpc) is 3.76. The van der Waals surface area contributed by atoms with Crippen LogP contribution in [0.2, 0.25) is 0 Å². The number of likely N-dealkylation sites (tertiary alicyclic amines) is 1. The van der Waals surface area contributed by atoms with Crippen molar-refractivity contribution in [3.05, 3.63) is 28.7 Å². The molecule has 1 aromatic rings. The van der Waals surface area contributed by atoms with Crippen molar-refractivity contribution in [2.45, 2.75) is 37.2 Å². The lowest BCUT2D eigenvalue weighted by Gasteiger charge is -2.49. The highest BCUT2D eigenvalue weighted by Gasteiger charge is 2.55. The zero-order valence-corrected chi connectivity index (χ0v) is 24.9. The van der Waals surface area contributed by atoms with E-state index in [0.29, 0.717) is 30.7 Å². The smallest absolute Gasteiger partial charge is 0.355 e. The fraction of sp³-hybridized carbons (Fsp3) is 0.480. The number of anilines is 1. The molecule has 3 amide bonds. The van der Waals surface area contributed by atoms with Gasteiger partial charge in [-0.3, -0.25) is 28.9 Å². The van der Waals surface area contributed by atoms with Gasteiger partial charge in [-0.05, 0) is 31.0 Å². The highest BCUT2D eigenvalue weighted by atomic mass is 32.2. The Morgan fingerprint density at radius 2 is 2.02 bits per heavy atom. The molecule has 19 heteroatoms. The van der Waals surface area contributed by atoms with Gasteiger partial charge in [0.25, 0.3) is 11.8 Å². The maximum atomic E-state index is 13.4. The van der Waals surface area contributed by atoms with E-state index in [2.05, 4.69) is 29.9 Å². The molecule has 44 heavy (non-hydrogen) atoms. The van der Waals surface area contributed by atoms with Crippen molar-refractivity contribution in [1.82, 2.24) is 29.8 Å². The molecule has 0 unspecified atom stereocenters. The number of aromatic nitrogens is 2. The maximum absolute atomic E-state index is 13.4. The van der Waals surface area contributed by atoms with E-state index in [0.717, 1.165) is 36.3 Å². The number of amides is 3. The van der Waals surface area contributed by atoms with E-state index in [1.54, 1.807) is 11.0 Å². The monoisotopic (exact) mass is 648 g/mol. The van der Waals surface area contributed by atoms with Crippen LogP contribution >= 0.6 is 23.3 Å². The van der Waals surface area contributed by atoms with Crippen LogP contribution in [0.15, 0.2) is 28.1 Å². The van der Waals surface area contributed by atoms with Crippen LogP contribution in [0, 0.1) is 0 Å². The van der Waals surface area contributed by atoms with Gasteiger partial charge in [-0.25, -0.2) is 4.79 Å². The molecule has 5 N–H and O–H groups in total. The summed E-state index contributed by atoms with van der Waals surface area (Å²) in [6.45, 7) is 1.85. The molecule has 3 atom stereocenters. The van der Waals surface area contributed by atoms with Gasteiger partial charge in [0.2, 0.25) is 23.2 Å². The van der Waals surface area contributed by atoms with E-state index in [1.807, 2.05) is 0 Å². The van der Waals surface area contributed by atoms with Gasteiger partial charge in [-0.1, -0.05) is 5.16 Å². The second kappa shape index (κ2) is 13.1. The number of hydrogen-bond donors (Lipinski definition) is 4. The number of ketones is 1. The number of nitrogens with two attached hydrogens (primary N) is 1. The van der Waals surface area contributed by atoms with E-state index in [9.17, 15) is 34.0 Å². The van der Waals surface area contributed by atoms with Crippen LogP contribution in [0.3, 0.4) is 0 Å². The Hall–Kier alpha value is -4.36. The molecule has 0 saturated carbocycles. The number of hydrogen-bond acceptors (Lipinski definition) is 16. The van der Waals surface area contributed by atoms with E-state index < -0.39 is 59.9 Å². The first-order valence-electron chi connectivity index (χ1n) is 13.4. The highest BCUT2D eigenvalue weighted by molar-refractivity contribution is 8.00. The Morgan fingerprint density at radius 3 is 2.68 bits per heavy atom. The first-order chi connectivity index (χ1) is 21.1. The van der Waals surface area contributed by atoms with Gasteiger partial charge in [0.15, 0.2) is 18.3 Å². The predicted octanol–water partition coefficient (Wildman–Crippen LogP) is -1.85. The fourth-order valence-electron chi connectivity index (χ4n) is 5.15. The van der Waals surface area contributed by atoms with Crippen molar-refractivity contribution < 1.29 is 43.4 Å². The van der Waals surface area contributed by atoms with E-state index in [-0.39, 0.29) is 34.4 Å². The van der Waals surface area contributed by atoms with Gasteiger partial charge < -0.3 is 35.9 Å². The number of thioether (sulfide) groups is 1. The summed E-state index contributed by atoms with van der Waals surface area (Å²) < 4.78 is 13.7. The molecule has 1 aromatic heterocycles. The second-order valence-electron chi connectivity index (χ2n) is 10.1. The van der Waals surface area contributed by atoms with Crippen LogP contribution in [-0.4, -0.2) is 122 Å². The van der Waals surface area contributed by atoms with Gasteiger partial charge >= 0.3 is 11.9 Å². The molecule has 5 rings (SSSR count). The number of nitrogen functional groups attached to an aromatic ring is 1. The number of Topliss-reactive ketones (excluding diaryl/α,β-unsaturated/α-hetero) is 1. The average molecular weight is 649 g/mol. The third-order valence-corrected chi connectivity index (χ3v) is 9.07. The third-order valence-electron chi connectivity index (χ3n) is 7.23. The number of allylic oxidation sites excluding steroid dienone is 1. The molecule has 5 heterocycles. The van der Waals surface area contributed by atoms with Crippen molar-refractivity contribution >= 4 is 69.6 Å². The Kier molecular flexibility index (Phi) is 9.25. The topological polar surface area (TPSA) is 236 Å². The minimum absolute atomic E-state index is 0.0349. The zero-order valence-electron chi connectivity index (χ0n) is 23.3. The molecule has 0 bridgehead atoms. The van der Waals surface area contributed by atoms with Crippen molar-refractivity contribution in [2.24, 2.45) is 5.16 Å². The minimum atomic E-state index is -1.12. The molecule has 0 spiro atoms. The molecule has 4 aliphatic heterocycles. The summed E-state index contributed by atoms with van der Waals surface area (Å²) in [5.41, 5.74) is 5.63. The number of carbonyl (C=O) groups excluding carboxylic acids is 6. The number of carbonyl (C=O) groups is 6. The lowest BCUT2D eigenvalue weighted by Crippen LogP contribution is -2.71. The van der Waals surface area contributed by atoms with Crippen molar-refractivity contribution in [1.29, 1.82) is 0 Å². The summed E-state index contributed by atoms with van der Waals surface area (Å²) in [4.78, 5) is 82.6. The zero-order chi connectivity index (χ0) is 31.5. The second-order valence-corrected chi connectivity index (χ2v) is 12.0. The fourth-order valence-corrected chi connectivity index (χ4v) is 6.89. The van der Waals surface area contributed by atoms with Gasteiger partial charge in [0, 0.05) is 48.9 Å². The Bertz CT molecular complexity index is 1500. The van der Waals surface area contributed by atoms with E-state index >= 15 is 0 Å². The van der Waals surface area contributed by atoms with Crippen molar-refractivity contribution in [2.75, 3.05) is 44.3 Å². The van der Waals surface area contributed by atoms with E-state index in [1.165, 1.54) is 11.8 Å². The molecule has 0 aromatic carbocycles. The minimum Gasteiger partial charge on any atom is -0.458 e. The normalized spacial score (nSPS) is 24.3. The summed E-state index contributed by atoms with van der Waals surface area (Å²) in [7, 11) is 0. The molecule has 234 valence electrons. The molecule has 3 saturated heterocycles. The van der Waals surface area contributed by atoms with Crippen LogP contribution in [0.1, 0.15) is 25.6 Å². The van der Waals surface area contributed by atoms with Crippen LogP contribution < -0.4 is 16.4 Å². The Balaban J connectivity index is 1.36. The van der Waals surface area contributed by atoms with Crippen LogP contribution in [0.25, 0.3) is 0 Å². The number of nitrogens with one attached hydrogen (secondary N) is 2. The number of rotatable bonds is 10. The van der Waals surface area contributed by atoms with Gasteiger partial charge in [-0.2, -0.15) is 9.36 Å². The number of esters is 2. The standard InChI is InChI=1S/C25H28N8O9S2/c1-11(34)41-8-15(35)9-42-24(39)18-13(6-12-3-5-32(21(12)37)14-2-4-27-7-14)10-43-23-17(22(38)33(18)23)28-20(36)16(30-40)19-29-25(26)44-31-19/h6,14,17,23,27,40H,2-5,7-10H2,1H3,(H,28,36)(H2,26,29,31)/b12-6+,30-16-/t14-,17-,23-/m1/s1. The summed E-state index contributed by atoms with van der Waals surface area (Å²) >= 11 is 2.01. The van der Waals surface area contributed by atoms with Gasteiger partial charge in [-0.15, -0.1) is 11.8 Å². The van der Waals surface area contributed by atoms with Gasteiger partial charge in [0.05, 0.1) is 0 Å². The third kappa shape index (κ3) is 6.29. The van der Waals surface area contributed by atoms with E-state index in [4.69, 9.17) is 10.5 Å². The molecule has 0 radical (unpaired) electrons. The van der Waals surface area contributed by atoms with Crippen LogP contribution in [0.4, 0.5) is 5.13 Å². The largest absolute Gasteiger partial charge is 0.458 e. The van der Waals surface area contributed by atoms with Crippen molar-refractivity contribution in [3.8, 4) is 0 Å². The lowest BCUT2D eigenvalue weighted by atomic mass is 10.0. The molecular weight excluding hydrogens is 620 g/mol. The quantitative estimate of drug-likeness (QED) is 0.0544. The Morgan fingerprint density at radius 1 is 1.25 bits per heavy atom. The Labute approximate surface area is 258 Å². The molecule has 0 aliphatic carbocycles. The molecular formula is C25H28N8O9S2. The highest BCUT2D eigenvalue weighted by Crippen LogP contribution is 2.42. The van der Waals surface area contributed by atoms with Gasteiger partial charge in [0.1, 0.15) is 17.1 Å². The molecule has 3 fully saturated rings. The summed E-state index contributed by atoms with van der Waals surface area (Å²) in [6.07, 6.45) is 2.86. The number of ether oxygens (including phenoxy) is 2. The summed E-state index contributed by atoms with van der Waals surface area (Å²) in [5.74, 6) is -4.21. The van der Waals surface area contributed by atoms with Crippen molar-refractivity contribution in [3.63, 3.8) is 0 Å². The first-order valence-corrected chi connectivity index (χ1v) is 15.3.